The first-order valence-corrected chi connectivity index (χ1v) is 10.2. The van der Waals surface area contributed by atoms with Crippen LogP contribution in [0, 0.1) is 0 Å². The van der Waals surface area contributed by atoms with Gasteiger partial charge in [0.1, 0.15) is 10.6 Å². The van der Waals surface area contributed by atoms with E-state index in [1.165, 1.54) is 11.3 Å². The van der Waals surface area contributed by atoms with Gasteiger partial charge < -0.3 is 20.7 Å². The highest BCUT2D eigenvalue weighted by molar-refractivity contribution is 7.17. The summed E-state index contributed by atoms with van der Waals surface area (Å²) in [5, 5.41) is 3.42. The highest BCUT2D eigenvalue weighted by Crippen LogP contribution is 2.37. The van der Waals surface area contributed by atoms with E-state index < -0.39 is 23.5 Å². The smallest absolute Gasteiger partial charge is 0.410 e. The van der Waals surface area contributed by atoms with Gasteiger partial charge in [-0.1, -0.05) is 23.7 Å². The molecule has 0 bridgehead atoms. The lowest BCUT2D eigenvalue weighted by atomic mass is 10.0. The fourth-order valence-corrected chi connectivity index (χ4v) is 4.54. The first kappa shape index (κ1) is 21.1. The summed E-state index contributed by atoms with van der Waals surface area (Å²) >= 11 is 7.32. The van der Waals surface area contributed by atoms with Crippen molar-refractivity contribution in [2.75, 3.05) is 11.9 Å². The maximum absolute atomic E-state index is 12.6. The zero-order valence-electron chi connectivity index (χ0n) is 16.4. The van der Waals surface area contributed by atoms with Gasteiger partial charge in [0.15, 0.2) is 0 Å². The average molecular weight is 436 g/mol. The van der Waals surface area contributed by atoms with Crippen molar-refractivity contribution in [3.05, 3.63) is 50.9 Å². The molecule has 3 rings (SSSR count). The summed E-state index contributed by atoms with van der Waals surface area (Å²) in [4.78, 5) is 39.5. The normalized spacial score (nSPS) is 13.6. The lowest BCUT2D eigenvalue weighted by Crippen LogP contribution is -2.39. The number of primary amides is 1. The lowest BCUT2D eigenvalue weighted by molar-refractivity contribution is 0.0226. The van der Waals surface area contributed by atoms with E-state index in [1.54, 1.807) is 49.9 Å². The number of hydrogen-bond donors (Lipinski definition) is 2. The third kappa shape index (κ3) is 4.71. The highest BCUT2D eigenvalue weighted by Gasteiger charge is 2.31. The molecule has 154 valence electrons. The topological polar surface area (TPSA) is 102 Å². The Morgan fingerprint density at radius 3 is 2.55 bits per heavy atom. The number of carbonyl (C=O) groups excluding carboxylic acids is 3. The van der Waals surface area contributed by atoms with Gasteiger partial charge in [-0.15, -0.1) is 11.3 Å². The van der Waals surface area contributed by atoms with E-state index in [1.807, 2.05) is 0 Å². The molecule has 0 fully saturated rings. The lowest BCUT2D eigenvalue weighted by Gasteiger charge is -2.30. The van der Waals surface area contributed by atoms with Gasteiger partial charge in [0.25, 0.3) is 11.8 Å². The summed E-state index contributed by atoms with van der Waals surface area (Å²) in [5.41, 5.74) is 6.34. The second-order valence-corrected chi connectivity index (χ2v) is 9.17. The number of ether oxygens (including phenoxy) is 1. The molecule has 1 aliphatic rings. The van der Waals surface area contributed by atoms with Crippen LogP contribution in [-0.4, -0.2) is 35.0 Å². The van der Waals surface area contributed by atoms with Crippen molar-refractivity contribution < 1.29 is 19.1 Å². The van der Waals surface area contributed by atoms with E-state index in [4.69, 9.17) is 22.1 Å². The van der Waals surface area contributed by atoms with Gasteiger partial charge in [0.2, 0.25) is 0 Å². The number of benzene rings is 1. The number of rotatable bonds is 3. The predicted molar refractivity (Wildman–Crippen MR) is 113 cm³/mol. The van der Waals surface area contributed by atoms with Crippen LogP contribution in [0.15, 0.2) is 24.3 Å². The number of anilines is 1. The number of carbonyl (C=O) groups is 3. The van der Waals surface area contributed by atoms with Crippen LogP contribution in [0.5, 0.6) is 0 Å². The molecule has 0 saturated carbocycles. The van der Waals surface area contributed by atoms with E-state index in [2.05, 4.69) is 5.32 Å². The van der Waals surface area contributed by atoms with Gasteiger partial charge in [-0.2, -0.15) is 0 Å². The van der Waals surface area contributed by atoms with Crippen molar-refractivity contribution in [3.63, 3.8) is 0 Å². The van der Waals surface area contributed by atoms with E-state index in [0.29, 0.717) is 28.6 Å². The first-order chi connectivity index (χ1) is 13.6. The summed E-state index contributed by atoms with van der Waals surface area (Å²) in [6.07, 6.45) is 0.0320. The van der Waals surface area contributed by atoms with Crippen LogP contribution in [0.4, 0.5) is 9.80 Å². The SMILES string of the molecule is CC(C)(C)OC(=O)N1CCc2c(sc(NC(=O)c3ccccc3Cl)c2C(N)=O)C1. The summed E-state index contributed by atoms with van der Waals surface area (Å²) in [6, 6.07) is 6.64. The number of thiophene rings is 1. The third-order valence-corrected chi connectivity index (χ3v) is 5.76. The number of amides is 3. The number of halogens is 1. The van der Waals surface area contributed by atoms with Crippen LogP contribution in [-0.2, 0) is 17.7 Å². The molecule has 0 radical (unpaired) electrons. The summed E-state index contributed by atoms with van der Waals surface area (Å²) < 4.78 is 5.43. The van der Waals surface area contributed by atoms with Crippen LogP contribution in [0.1, 0.15) is 51.9 Å². The average Bonchev–Trinajstić information content (AvgIpc) is 2.97. The van der Waals surface area contributed by atoms with Crippen molar-refractivity contribution in [1.82, 2.24) is 4.90 Å². The van der Waals surface area contributed by atoms with E-state index >= 15 is 0 Å². The molecule has 3 amide bonds. The van der Waals surface area contributed by atoms with Crippen molar-refractivity contribution in [2.24, 2.45) is 5.73 Å². The minimum atomic E-state index is -0.623. The molecule has 0 unspecified atom stereocenters. The molecular formula is C20H22ClN3O4S. The van der Waals surface area contributed by atoms with Gasteiger partial charge in [-0.05, 0) is 44.9 Å². The zero-order valence-corrected chi connectivity index (χ0v) is 17.9. The van der Waals surface area contributed by atoms with Crippen LogP contribution in [0.3, 0.4) is 0 Å². The van der Waals surface area contributed by atoms with E-state index in [9.17, 15) is 14.4 Å². The minimum Gasteiger partial charge on any atom is -0.444 e. The van der Waals surface area contributed by atoms with Crippen molar-refractivity contribution in [3.8, 4) is 0 Å². The van der Waals surface area contributed by atoms with Gasteiger partial charge >= 0.3 is 6.09 Å². The molecule has 3 N–H and O–H groups in total. The molecule has 1 aromatic heterocycles. The zero-order chi connectivity index (χ0) is 21.3. The molecule has 9 heteroatoms. The molecule has 0 spiro atoms. The number of nitrogens with two attached hydrogens (primary N) is 1. The molecule has 2 aromatic rings. The van der Waals surface area contributed by atoms with Crippen LogP contribution in [0.25, 0.3) is 0 Å². The maximum Gasteiger partial charge on any atom is 0.410 e. The van der Waals surface area contributed by atoms with Crippen molar-refractivity contribution >= 4 is 45.8 Å². The van der Waals surface area contributed by atoms with Gasteiger partial charge in [0, 0.05) is 11.4 Å². The molecule has 0 atom stereocenters. The Labute approximate surface area is 177 Å². The van der Waals surface area contributed by atoms with Crippen molar-refractivity contribution in [2.45, 2.75) is 39.3 Å². The highest BCUT2D eigenvalue weighted by atomic mass is 35.5. The molecule has 29 heavy (non-hydrogen) atoms. The Hall–Kier alpha value is -2.58. The van der Waals surface area contributed by atoms with Gasteiger partial charge in [-0.3, -0.25) is 9.59 Å². The third-order valence-electron chi connectivity index (χ3n) is 4.30. The standard InChI is InChI=1S/C20H22ClN3O4S/c1-20(2,3)28-19(27)24-9-8-12-14(10-24)29-18(15(12)16(22)25)23-17(26)11-6-4-5-7-13(11)21/h4-7H,8-10H2,1-3H3,(H2,22,25)(H,23,26). The largest absolute Gasteiger partial charge is 0.444 e. The second kappa shape index (κ2) is 8.04. The van der Waals surface area contributed by atoms with E-state index in [-0.39, 0.29) is 12.1 Å². The first-order valence-electron chi connectivity index (χ1n) is 9.05. The van der Waals surface area contributed by atoms with Gasteiger partial charge in [-0.25, -0.2) is 4.79 Å². The molecule has 1 aliphatic heterocycles. The number of nitrogens with one attached hydrogen (secondary N) is 1. The molecule has 0 saturated heterocycles. The number of nitrogens with zero attached hydrogens (tertiary/aromatic N) is 1. The number of hydrogen-bond acceptors (Lipinski definition) is 5. The Kier molecular flexibility index (Phi) is 5.86. The molecular weight excluding hydrogens is 414 g/mol. The summed E-state index contributed by atoms with van der Waals surface area (Å²) in [5.74, 6) is -1.05. The summed E-state index contributed by atoms with van der Waals surface area (Å²) in [7, 11) is 0. The van der Waals surface area contributed by atoms with Crippen LogP contribution < -0.4 is 11.1 Å². The quantitative estimate of drug-likeness (QED) is 0.759. The van der Waals surface area contributed by atoms with Crippen LogP contribution in [0.2, 0.25) is 5.02 Å². The number of fused-ring (bicyclic) bond motifs is 1. The summed E-state index contributed by atoms with van der Waals surface area (Å²) in [6.45, 7) is 6.10. The molecule has 1 aromatic carbocycles. The fraction of sp³-hybridized carbons (Fsp3) is 0.350. The maximum atomic E-state index is 12.6. The second-order valence-electron chi connectivity index (χ2n) is 7.66. The van der Waals surface area contributed by atoms with E-state index in [0.717, 1.165) is 10.4 Å². The van der Waals surface area contributed by atoms with Crippen molar-refractivity contribution in [1.29, 1.82) is 0 Å². The monoisotopic (exact) mass is 435 g/mol. The Morgan fingerprint density at radius 2 is 1.93 bits per heavy atom. The fourth-order valence-electron chi connectivity index (χ4n) is 3.05. The Bertz CT molecular complexity index is 981. The van der Waals surface area contributed by atoms with Crippen LogP contribution >= 0.6 is 22.9 Å². The predicted octanol–water partition coefficient (Wildman–Crippen LogP) is 4.05. The Balaban J connectivity index is 1.86. The Morgan fingerprint density at radius 1 is 1.24 bits per heavy atom. The van der Waals surface area contributed by atoms with Gasteiger partial charge in [0.05, 0.1) is 22.7 Å². The molecule has 7 nitrogen and oxygen atoms in total. The molecule has 0 aliphatic carbocycles. The molecule has 2 heterocycles. The minimum absolute atomic E-state index is 0.286.